The lowest BCUT2D eigenvalue weighted by molar-refractivity contribution is 0.592. The Labute approximate surface area is 196 Å². The normalized spacial score (nSPS) is 11.8. The smallest absolute Gasteiger partial charge is 0.229 e. The molecule has 9 heteroatoms. The number of hydrogen-bond donors (Lipinski definition) is 1. The lowest BCUT2D eigenvalue weighted by atomic mass is 10.2. The van der Waals surface area contributed by atoms with Crippen LogP contribution in [0.25, 0.3) is 16.6 Å². The van der Waals surface area contributed by atoms with E-state index >= 15 is 0 Å². The van der Waals surface area contributed by atoms with E-state index in [1.54, 1.807) is 24.3 Å². The number of para-hydroxylation sites is 1. The summed E-state index contributed by atoms with van der Waals surface area (Å²) in [4.78, 5) is 4.80. The van der Waals surface area contributed by atoms with E-state index in [0.29, 0.717) is 22.9 Å². The van der Waals surface area contributed by atoms with Gasteiger partial charge in [-0.2, -0.15) is 4.52 Å². The topological polar surface area (TPSA) is 89.2 Å². The summed E-state index contributed by atoms with van der Waals surface area (Å²) in [6.07, 6.45) is 0.825. The zero-order chi connectivity index (χ0) is 23.0. The number of aromatic nitrogens is 4. The number of nitrogens with one attached hydrogen (secondary N) is 1. The quantitative estimate of drug-likeness (QED) is 0.372. The first-order valence-corrected chi connectivity index (χ1v) is 12.3. The van der Waals surface area contributed by atoms with E-state index in [0.717, 1.165) is 22.9 Å². The van der Waals surface area contributed by atoms with Gasteiger partial charge in [-0.15, -0.1) is 5.10 Å². The molecule has 3 aromatic carbocycles. The number of nitrogens with zero attached hydrogens (tertiary/aromatic N) is 4. The molecule has 0 amide bonds. The minimum absolute atomic E-state index is 0.160. The van der Waals surface area contributed by atoms with E-state index in [9.17, 15) is 8.42 Å². The number of benzene rings is 3. The fourth-order valence-electron chi connectivity index (χ4n) is 3.66. The molecule has 166 valence electrons. The number of anilines is 1. The largest absolute Gasteiger partial charge is 0.365 e. The maximum atomic E-state index is 13.4. The summed E-state index contributed by atoms with van der Waals surface area (Å²) in [6, 6.07) is 21.8. The van der Waals surface area contributed by atoms with Crippen molar-refractivity contribution in [3.8, 4) is 0 Å². The van der Waals surface area contributed by atoms with E-state index in [1.165, 1.54) is 4.52 Å². The molecule has 0 saturated heterocycles. The molecular weight excluding hydrogens is 458 g/mol. The second-order valence-electron chi connectivity index (χ2n) is 7.59. The molecule has 33 heavy (non-hydrogen) atoms. The molecule has 0 bridgehead atoms. The summed E-state index contributed by atoms with van der Waals surface area (Å²) >= 11 is 5.98. The van der Waals surface area contributed by atoms with Gasteiger partial charge in [0.25, 0.3) is 0 Å². The summed E-state index contributed by atoms with van der Waals surface area (Å²) in [5, 5.41) is 12.8. The van der Waals surface area contributed by atoms with Crippen molar-refractivity contribution in [2.45, 2.75) is 29.8 Å². The molecule has 0 aliphatic rings. The van der Waals surface area contributed by atoms with Gasteiger partial charge in [0.2, 0.25) is 14.9 Å². The number of sulfone groups is 1. The van der Waals surface area contributed by atoms with Gasteiger partial charge in [0.05, 0.1) is 10.4 Å². The fraction of sp³-hybridized carbons (Fsp3) is 0.125. The maximum absolute atomic E-state index is 13.4. The summed E-state index contributed by atoms with van der Waals surface area (Å²) in [7, 11) is -3.90. The minimum atomic E-state index is -3.90. The number of rotatable bonds is 6. The Morgan fingerprint density at radius 2 is 1.64 bits per heavy atom. The molecule has 7 nitrogen and oxygen atoms in total. The highest BCUT2D eigenvalue weighted by atomic mass is 35.5. The van der Waals surface area contributed by atoms with Crippen molar-refractivity contribution in [2.24, 2.45) is 0 Å². The number of aryl methyl sites for hydroxylation is 1. The molecule has 5 aromatic rings. The number of hydrogen-bond acceptors (Lipinski definition) is 6. The van der Waals surface area contributed by atoms with Crippen LogP contribution in [0.1, 0.15) is 18.1 Å². The molecule has 5 rings (SSSR count). The summed E-state index contributed by atoms with van der Waals surface area (Å²) in [5.41, 5.74) is 2.95. The highest BCUT2D eigenvalue weighted by molar-refractivity contribution is 7.91. The van der Waals surface area contributed by atoms with Crippen LogP contribution in [0.15, 0.2) is 82.7 Å². The first-order valence-electron chi connectivity index (χ1n) is 10.4. The highest BCUT2D eigenvalue weighted by Crippen LogP contribution is 2.28. The van der Waals surface area contributed by atoms with E-state index < -0.39 is 9.84 Å². The lowest BCUT2D eigenvalue weighted by Gasteiger charge is -2.11. The van der Waals surface area contributed by atoms with Gasteiger partial charge < -0.3 is 5.32 Å². The molecule has 1 N–H and O–H groups in total. The van der Waals surface area contributed by atoms with Crippen molar-refractivity contribution in [3.05, 3.63) is 88.9 Å². The Balaban J connectivity index is 1.62. The Hall–Kier alpha value is -3.49. The van der Waals surface area contributed by atoms with Crippen LogP contribution < -0.4 is 5.32 Å². The van der Waals surface area contributed by atoms with E-state index in [2.05, 4.69) is 20.6 Å². The Bertz CT molecular complexity index is 1560. The van der Waals surface area contributed by atoms with Crippen LogP contribution in [-0.4, -0.2) is 28.2 Å². The molecule has 0 aliphatic carbocycles. The maximum Gasteiger partial charge on any atom is 0.229 e. The minimum Gasteiger partial charge on any atom is -0.365 e. The molecule has 0 unspecified atom stereocenters. The molecule has 0 radical (unpaired) electrons. The zero-order valence-corrected chi connectivity index (χ0v) is 19.3. The summed E-state index contributed by atoms with van der Waals surface area (Å²) in [5.74, 6) is 0.549. The summed E-state index contributed by atoms with van der Waals surface area (Å²) in [6.45, 7) is 2.51. The van der Waals surface area contributed by atoms with Crippen LogP contribution in [0.2, 0.25) is 5.02 Å². The van der Waals surface area contributed by atoms with Gasteiger partial charge >= 0.3 is 0 Å². The first kappa shape index (κ1) is 21.4. The van der Waals surface area contributed by atoms with Crippen LogP contribution >= 0.6 is 11.6 Å². The van der Waals surface area contributed by atoms with Crippen molar-refractivity contribution >= 4 is 43.8 Å². The number of halogens is 1. The Morgan fingerprint density at radius 3 is 2.36 bits per heavy atom. The molecule has 0 spiro atoms. The van der Waals surface area contributed by atoms with Gasteiger partial charge in [-0.25, -0.2) is 13.4 Å². The van der Waals surface area contributed by atoms with Crippen molar-refractivity contribution in [1.29, 1.82) is 0 Å². The second-order valence-corrected chi connectivity index (χ2v) is 9.89. The Morgan fingerprint density at radius 1 is 0.939 bits per heavy atom. The van der Waals surface area contributed by atoms with Crippen molar-refractivity contribution in [1.82, 2.24) is 19.8 Å². The van der Waals surface area contributed by atoms with Gasteiger partial charge in [-0.1, -0.05) is 60.1 Å². The third-order valence-corrected chi connectivity index (χ3v) is 7.41. The van der Waals surface area contributed by atoms with Gasteiger partial charge in [0, 0.05) is 17.0 Å². The lowest BCUT2D eigenvalue weighted by Crippen LogP contribution is -2.07. The van der Waals surface area contributed by atoms with E-state index in [1.807, 2.05) is 55.5 Å². The van der Waals surface area contributed by atoms with Crippen LogP contribution in [0.3, 0.4) is 0 Å². The zero-order valence-electron chi connectivity index (χ0n) is 17.7. The van der Waals surface area contributed by atoms with E-state index in [4.69, 9.17) is 11.6 Å². The van der Waals surface area contributed by atoms with Crippen molar-refractivity contribution < 1.29 is 8.42 Å². The predicted octanol–water partition coefficient (Wildman–Crippen LogP) is 4.94. The standard InChI is InChI=1S/C24H20ClN5O2S/c1-2-16-9-13-19(14-10-16)33(31,32)24-23-27-22(26-15-17-7-11-18(25)12-8-17)20-5-3-4-6-21(20)30(23)29-28-24/h3-14H,2,15H2,1H3,(H,26,27). The van der Waals surface area contributed by atoms with Crippen LogP contribution in [0.4, 0.5) is 5.82 Å². The molecule has 0 saturated carbocycles. The Kier molecular flexibility index (Phi) is 5.47. The third kappa shape index (κ3) is 3.92. The first-order chi connectivity index (χ1) is 16.0. The third-order valence-electron chi connectivity index (χ3n) is 5.49. The van der Waals surface area contributed by atoms with Crippen molar-refractivity contribution in [2.75, 3.05) is 5.32 Å². The van der Waals surface area contributed by atoms with Gasteiger partial charge in [-0.3, -0.25) is 0 Å². The predicted molar refractivity (Wildman–Crippen MR) is 128 cm³/mol. The summed E-state index contributed by atoms with van der Waals surface area (Å²) < 4.78 is 28.2. The fourth-order valence-corrected chi connectivity index (χ4v) is 5.02. The molecular formula is C24H20ClN5O2S. The molecule has 2 aromatic heterocycles. The highest BCUT2D eigenvalue weighted by Gasteiger charge is 2.27. The number of fused-ring (bicyclic) bond motifs is 3. The van der Waals surface area contributed by atoms with Crippen molar-refractivity contribution in [3.63, 3.8) is 0 Å². The van der Waals surface area contributed by atoms with Gasteiger partial charge in [0.1, 0.15) is 5.82 Å². The molecule has 2 heterocycles. The SMILES string of the molecule is CCc1ccc(S(=O)(=O)c2nnn3c2nc(NCc2ccc(Cl)cc2)c2ccccc23)cc1. The van der Waals surface area contributed by atoms with Crippen LogP contribution in [0.5, 0.6) is 0 Å². The van der Waals surface area contributed by atoms with Gasteiger partial charge in [-0.05, 0) is 53.9 Å². The van der Waals surface area contributed by atoms with Crippen LogP contribution in [-0.2, 0) is 22.8 Å². The molecule has 0 aliphatic heterocycles. The monoisotopic (exact) mass is 477 g/mol. The molecule has 0 atom stereocenters. The molecule has 0 fully saturated rings. The second kappa shape index (κ2) is 8.46. The average Bonchev–Trinajstić information content (AvgIpc) is 3.28. The van der Waals surface area contributed by atoms with Gasteiger partial charge in [0.15, 0.2) is 5.65 Å². The van der Waals surface area contributed by atoms with E-state index in [-0.39, 0.29) is 15.6 Å². The average molecular weight is 478 g/mol. The van der Waals surface area contributed by atoms with Crippen LogP contribution in [0, 0.1) is 0 Å².